The van der Waals surface area contributed by atoms with Crippen LogP contribution in [0, 0.1) is 0 Å². The summed E-state index contributed by atoms with van der Waals surface area (Å²) in [5.74, 6) is -0.373. The normalized spacial score (nSPS) is 22.4. The van der Waals surface area contributed by atoms with E-state index in [0.717, 1.165) is 0 Å². The molecule has 27 heavy (non-hydrogen) atoms. The van der Waals surface area contributed by atoms with Crippen molar-refractivity contribution in [1.82, 2.24) is 14.9 Å². The lowest BCUT2D eigenvalue weighted by molar-refractivity contribution is -0.116. The zero-order valence-corrected chi connectivity index (χ0v) is 15.5. The Hall–Kier alpha value is -2.27. The topological polar surface area (TPSA) is 138 Å². The first kappa shape index (κ1) is 21.0. The maximum atomic E-state index is 12.1. The van der Waals surface area contributed by atoms with Crippen LogP contribution in [0.15, 0.2) is 21.9 Å². The van der Waals surface area contributed by atoms with Crippen LogP contribution in [-0.4, -0.2) is 67.7 Å². The Morgan fingerprint density at radius 2 is 2.26 bits per heavy atom. The van der Waals surface area contributed by atoms with Crippen LogP contribution in [0.2, 0.25) is 0 Å². The molecule has 1 unspecified atom stereocenters. The lowest BCUT2D eigenvalue weighted by Gasteiger charge is -2.16. The third-order valence-corrected chi connectivity index (χ3v) is 4.21. The largest absolute Gasteiger partial charge is 0.382 e. The molecule has 0 saturated carbocycles. The summed E-state index contributed by atoms with van der Waals surface area (Å²) in [5, 5.41) is 2.56. The highest BCUT2D eigenvalue weighted by Gasteiger charge is 2.35. The molecule has 1 amide bonds. The monoisotopic (exact) mass is 382 g/mol. The van der Waals surface area contributed by atoms with Gasteiger partial charge in [-0.3, -0.25) is 19.1 Å². The lowest BCUT2D eigenvalue weighted by Crippen LogP contribution is -2.34. The molecule has 0 spiro atoms. The van der Waals surface area contributed by atoms with Gasteiger partial charge in [0.1, 0.15) is 6.10 Å². The molecule has 4 N–H and O–H groups in total. The number of nitrogens with zero attached hydrogens (tertiary/aromatic N) is 1. The Labute approximate surface area is 156 Å². The van der Waals surface area contributed by atoms with Gasteiger partial charge in [-0.25, -0.2) is 4.79 Å². The maximum absolute atomic E-state index is 12.1. The number of methoxy groups -OCH3 is 2. The molecule has 0 bridgehead atoms. The number of carbonyl (C=O) groups excluding carboxylic acids is 1. The van der Waals surface area contributed by atoms with E-state index < -0.39 is 11.2 Å². The molecule has 10 nitrogen and oxygen atoms in total. The molecule has 0 aliphatic carbocycles. The molecule has 150 valence electrons. The average molecular weight is 382 g/mol. The number of hydrogen-bond acceptors (Lipinski definition) is 7. The number of ether oxygens (including phenoxy) is 3. The van der Waals surface area contributed by atoms with Crippen molar-refractivity contribution >= 4 is 12.0 Å². The lowest BCUT2D eigenvalue weighted by atomic mass is 10.1. The maximum Gasteiger partial charge on any atom is 0.328 e. The number of H-pyrrole nitrogens is 1. The Morgan fingerprint density at radius 3 is 2.93 bits per heavy atom. The first-order chi connectivity index (χ1) is 13.0. The fourth-order valence-electron chi connectivity index (χ4n) is 2.90. The molecule has 10 heteroatoms. The summed E-state index contributed by atoms with van der Waals surface area (Å²) in [5.41, 5.74) is 4.38. The second-order valence-corrected chi connectivity index (χ2v) is 6.17. The highest BCUT2D eigenvalue weighted by Crippen LogP contribution is 2.24. The van der Waals surface area contributed by atoms with Crippen LogP contribution < -0.4 is 22.3 Å². The van der Waals surface area contributed by atoms with Gasteiger partial charge in [0.25, 0.3) is 5.56 Å². The van der Waals surface area contributed by atoms with Gasteiger partial charge in [-0.05, 0) is 6.08 Å². The predicted octanol–water partition coefficient (Wildman–Crippen LogP) is -1.56. The molecule has 3 atom stereocenters. The number of nitrogens with one attached hydrogen (secondary N) is 2. The van der Waals surface area contributed by atoms with Crippen molar-refractivity contribution in [3.63, 3.8) is 0 Å². The van der Waals surface area contributed by atoms with Crippen molar-refractivity contribution in [2.24, 2.45) is 5.73 Å². The van der Waals surface area contributed by atoms with E-state index in [-0.39, 0.29) is 36.3 Å². The smallest absolute Gasteiger partial charge is 0.328 e. The van der Waals surface area contributed by atoms with Gasteiger partial charge < -0.3 is 25.3 Å². The van der Waals surface area contributed by atoms with Gasteiger partial charge in [0.05, 0.1) is 30.9 Å². The Morgan fingerprint density at radius 1 is 1.48 bits per heavy atom. The van der Waals surface area contributed by atoms with Gasteiger partial charge in [0.2, 0.25) is 5.91 Å². The van der Waals surface area contributed by atoms with E-state index in [0.29, 0.717) is 26.1 Å². The second-order valence-electron chi connectivity index (χ2n) is 6.17. The van der Waals surface area contributed by atoms with E-state index in [4.69, 9.17) is 19.9 Å². The Balaban J connectivity index is 2.11. The number of aromatic amines is 1. The SMILES string of the molecule is COC[C@H]1O[C@@H](Cn2cc(/C=C/C(=O)NCCN)c(=O)[nH]c2=O)CC1OC. The quantitative estimate of drug-likeness (QED) is 0.439. The van der Waals surface area contributed by atoms with E-state index in [2.05, 4.69) is 10.3 Å². The van der Waals surface area contributed by atoms with E-state index in [1.807, 2.05) is 0 Å². The fourth-order valence-corrected chi connectivity index (χ4v) is 2.90. The van der Waals surface area contributed by atoms with Crippen LogP contribution in [0.3, 0.4) is 0 Å². The summed E-state index contributed by atoms with van der Waals surface area (Å²) >= 11 is 0. The zero-order chi connectivity index (χ0) is 19.8. The molecule has 1 aromatic heterocycles. The highest BCUT2D eigenvalue weighted by molar-refractivity contribution is 5.91. The van der Waals surface area contributed by atoms with Gasteiger partial charge in [-0.1, -0.05) is 0 Å². The van der Waals surface area contributed by atoms with Crippen LogP contribution >= 0.6 is 0 Å². The van der Waals surface area contributed by atoms with Gasteiger partial charge >= 0.3 is 5.69 Å². The summed E-state index contributed by atoms with van der Waals surface area (Å²) < 4.78 is 17.8. The minimum atomic E-state index is -0.571. The summed E-state index contributed by atoms with van der Waals surface area (Å²) in [7, 11) is 3.18. The Bertz CT molecular complexity index is 771. The summed E-state index contributed by atoms with van der Waals surface area (Å²) in [6.45, 7) is 1.29. The first-order valence-corrected chi connectivity index (χ1v) is 8.65. The third kappa shape index (κ3) is 5.86. The van der Waals surface area contributed by atoms with Crippen molar-refractivity contribution < 1.29 is 19.0 Å². The zero-order valence-electron chi connectivity index (χ0n) is 15.5. The van der Waals surface area contributed by atoms with Crippen LogP contribution in [-0.2, 0) is 25.5 Å². The second kappa shape index (κ2) is 10.2. The van der Waals surface area contributed by atoms with Crippen LogP contribution in [0.4, 0.5) is 0 Å². The molecule has 2 rings (SSSR count). The van der Waals surface area contributed by atoms with Gasteiger partial charge in [-0.15, -0.1) is 0 Å². The van der Waals surface area contributed by atoms with E-state index in [9.17, 15) is 14.4 Å². The minimum Gasteiger partial charge on any atom is -0.382 e. The van der Waals surface area contributed by atoms with Gasteiger partial charge in [0, 0.05) is 46.0 Å². The van der Waals surface area contributed by atoms with E-state index >= 15 is 0 Å². The number of hydrogen-bond donors (Lipinski definition) is 3. The molecule has 1 saturated heterocycles. The number of rotatable bonds is 9. The molecule has 2 heterocycles. The van der Waals surface area contributed by atoms with E-state index in [1.54, 1.807) is 14.2 Å². The number of aromatic nitrogens is 2. The van der Waals surface area contributed by atoms with Gasteiger partial charge in [-0.2, -0.15) is 0 Å². The van der Waals surface area contributed by atoms with Crippen LogP contribution in [0.1, 0.15) is 12.0 Å². The number of nitrogens with two attached hydrogens (primary N) is 1. The summed E-state index contributed by atoms with van der Waals surface area (Å²) in [4.78, 5) is 37.9. The van der Waals surface area contributed by atoms with E-state index in [1.165, 1.54) is 22.9 Å². The van der Waals surface area contributed by atoms with Crippen LogP contribution in [0.25, 0.3) is 6.08 Å². The highest BCUT2D eigenvalue weighted by atomic mass is 16.6. The molecule has 1 aliphatic rings. The average Bonchev–Trinajstić information content (AvgIpc) is 3.03. The number of carbonyl (C=O) groups is 1. The fraction of sp³-hybridized carbons (Fsp3) is 0.588. The van der Waals surface area contributed by atoms with Gasteiger partial charge in [0.15, 0.2) is 0 Å². The third-order valence-electron chi connectivity index (χ3n) is 4.21. The standard InChI is InChI=1S/C17H26N4O6/c1-25-10-14-13(26-2)7-12(27-14)9-21-8-11(16(23)20-17(21)24)3-4-15(22)19-6-5-18/h3-4,8,12-14H,5-7,9-10,18H2,1-2H3,(H,19,22)(H,20,23,24)/b4-3+/t12-,13?,14-/m1/s1. The number of amides is 1. The summed E-state index contributed by atoms with van der Waals surface area (Å²) in [6.07, 6.45) is 3.97. The minimum absolute atomic E-state index is 0.126. The van der Waals surface area contributed by atoms with Crippen LogP contribution in [0.5, 0.6) is 0 Å². The molecular weight excluding hydrogens is 356 g/mol. The Kier molecular flexibility index (Phi) is 7.92. The molecule has 1 aliphatic heterocycles. The molecule has 1 fully saturated rings. The van der Waals surface area contributed by atoms with Crippen molar-refractivity contribution in [3.05, 3.63) is 38.7 Å². The molecular formula is C17H26N4O6. The molecule has 1 aromatic rings. The molecule has 0 radical (unpaired) electrons. The van der Waals surface area contributed by atoms with Crippen molar-refractivity contribution in [2.45, 2.75) is 31.3 Å². The van der Waals surface area contributed by atoms with Crippen molar-refractivity contribution in [1.29, 1.82) is 0 Å². The van der Waals surface area contributed by atoms with Crippen molar-refractivity contribution in [2.75, 3.05) is 33.9 Å². The van der Waals surface area contributed by atoms with Crippen molar-refractivity contribution in [3.8, 4) is 0 Å². The first-order valence-electron chi connectivity index (χ1n) is 8.65. The summed E-state index contributed by atoms with van der Waals surface area (Å²) in [6, 6.07) is 0. The predicted molar refractivity (Wildman–Crippen MR) is 98.4 cm³/mol. The molecule has 0 aromatic carbocycles.